The second-order valence-corrected chi connectivity index (χ2v) is 9.89. The van der Waals surface area contributed by atoms with Crippen LogP contribution in [0.4, 0.5) is 0 Å². The van der Waals surface area contributed by atoms with Gasteiger partial charge in [0.25, 0.3) is 11.8 Å². The molecule has 2 aromatic carbocycles. The van der Waals surface area contributed by atoms with E-state index in [1.807, 2.05) is 12.1 Å². The number of piperidine rings is 2. The molecule has 0 radical (unpaired) electrons. The van der Waals surface area contributed by atoms with Crippen LogP contribution < -0.4 is 16.4 Å². The number of nitrogens with zero attached hydrogens (tertiary/aromatic N) is 2. The molecule has 0 bridgehead atoms. The molecule has 0 aromatic heterocycles. The lowest BCUT2D eigenvalue weighted by molar-refractivity contribution is -0.136. The molecule has 0 saturated carbocycles. The number of carbonyl (C=O) groups excluding carboxylic acids is 4. The largest absolute Gasteiger partial charge is 0.329 e. The van der Waals surface area contributed by atoms with Crippen molar-refractivity contribution in [3.05, 3.63) is 70.8 Å². The third-order valence-electron chi connectivity index (χ3n) is 7.66. The third-order valence-corrected chi connectivity index (χ3v) is 7.66. The van der Waals surface area contributed by atoms with E-state index in [0.717, 1.165) is 37.4 Å². The molecule has 188 valence electrons. The molecule has 4 N–H and O–H groups in total. The highest BCUT2D eigenvalue weighted by molar-refractivity contribution is 6.24. The predicted molar refractivity (Wildman–Crippen MR) is 133 cm³/mol. The van der Waals surface area contributed by atoms with Gasteiger partial charge in [0.05, 0.1) is 11.1 Å². The van der Waals surface area contributed by atoms with Crippen LogP contribution in [0.25, 0.3) is 0 Å². The zero-order valence-electron chi connectivity index (χ0n) is 20.2. The fourth-order valence-corrected chi connectivity index (χ4v) is 5.45. The average Bonchev–Trinajstić information content (AvgIpc) is 3.15. The highest BCUT2D eigenvalue weighted by Gasteiger charge is 2.45. The predicted octanol–water partition coefficient (Wildman–Crippen LogP) is 1.17. The van der Waals surface area contributed by atoms with Gasteiger partial charge >= 0.3 is 0 Å². The van der Waals surface area contributed by atoms with Crippen LogP contribution in [-0.4, -0.2) is 64.6 Å². The summed E-state index contributed by atoms with van der Waals surface area (Å²) in [6.45, 7) is 3.58. The molecular formula is C27H31N5O4. The van der Waals surface area contributed by atoms with Crippen LogP contribution in [0.2, 0.25) is 0 Å². The Morgan fingerprint density at radius 3 is 2.42 bits per heavy atom. The van der Waals surface area contributed by atoms with Crippen molar-refractivity contribution in [1.29, 1.82) is 0 Å². The summed E-state index contributed by atoms with van der Waals surface area (Å²) in [5.74, 6) is -1.97. The third kappa shape index (κ3) is 4.57. The van der Waals surface area contributed by atoms with Crippen LogP contribution in [0, 0.1) is 0 Å². The van der Waals surface area contributed by atoms with Crippen LogP contribution in [0.15, 0.2) is 48.5 Å². The number of imide groups is 2. The number of hydrogen-bond donors (Lipinski definition) is 3. The second-order valence-electron chi connectivity index (χ2n) is 9.89. The van der Waals surface area contributed by atoms with Crippen molar-refractivity contribution in [3.63, 3.8) is 0 Å². The fourth-order valence-electron chi connectivity index (χ4n) is 5.45. The molecule has 2 fully saturated rings. The first-order valence-electron chi connectivity index (χ1n) is 12.5. The first kappa shape index (κ1) is 24.3. The van der Waals surface area contributed by atoms with E-state index in [-0.39, 0.29) is 24.3 Å². The van der Waals surface area contributed by atoms with E-state index >= 15 is 0 Å². The van der Waals surface area contributed by atoms with E-state index < -0.39 is 23.8 Å². The van der Waals surface area contributed by atoms with E-state index in [4.69, 9.17) is 5.73 Å². The van der Waals surface area contributed by atoms with Crippen LogP contribution in [-0.2, 0) is 22.7 Å². The van der Waals surface area contributed by atoms with Gasteiger partial charge in [-0.05, 0) is 36.5 Å². The highest BCUT2D eigenvalue weighted by Crippen LogP contribution is 2.31. The number of likely N-dealkylation sites (tertiary alicyclic amines) is 1. The Bertz CT molecular complexity index is 1190. The molecule has 3 aliphatic rings. The lowest BCUT2D eigenvalue weighted by atomic mass is 9.86. The van der Waals surface area contributed by atoms with Crippen molar-refractivity contribution in [2.45, 2.75) is 50.4 Å². The van der Waals surface area contributed by atoms with Gasteiger partial charge in [-0.25, -0.2) is 0 Å². The minimum atomic E-state index is -0.972. The lowest BCUT2D eigenvalue weighted by Gasteiger charge is -2.42. The summed E-state index contributed by atoms with van der Waals surface area (Å²) < 4.78 is 0. The van der Waals surface area contributed by atoms with E-state index in [0.29, 0.717) is 29.8 Å². The monoisotopic (exact) mass is 489 g/mol. The van der Waals surface area contributed by atoms with Crippen molar-refractivity contribution in [2.75, 3.05) is 19.6 Å². The lowest BCUT2D eigenvalue weighted by Crippen LogP contribution is -2.57. The Morgan fingerprint density at radius 1 is 0.972 bits per heavy atom. The molecule has 0 aliphatic carbocycles. The minimum absolute atomic E-state index is 0.0958. The number of benzene rings is 2. The maximum Gasteiger partial charge on any atom is 0.262 e. The summed E-state index contributed by atoms with van der Waals surface area (Å²) >= 11 is 0. The average molecular weight is 490 g/mol. The maximum atomic E-state index is 13.4. The first-order chi connectivity index (χ1) is 17.4. The van der Waals surface area contributed by atoms with Crippen molar-refractivity contribution in [1.82, 2.24) is 20.4 Å². The number of nitrogens with two attached hydrogens (primary N) is 1. The van der Waals surface area contributed by atoms with E-state index in [1.165, 1.54) is 5.56 Å². The summed E-state index contributed by atoms with van der Waals surface area (Å²) in [7, 11) is 0. The molecule has 4 amide bonds. The topological polar surface area (TPSA) is 125 Å². The number of nitrogens with one attached hydrogen (secondary N) is 2. The van der Waals surface area contributed by atoms with Gasteiger partial charge in [0.1, 0.15) is 6.04 Å². The smallest absolute Gasteiger partial charge is 0.262 e. The van der Waals surface area contributed by atoms with Crippen molar-refractivity contribution in [2.24, 2.45) is 5.73 Å². The number of hydrogen-bond acceptors (Lipinski definition) is 7. The molecular weight excluding hydrogens is 458 g/mol. The molecule has 3 heterocycles. The van der Waals surface area contributed by atoms with Crippen LogP contribution in [0.1, 0.15) is 57.5 Å². The molecule has 0 spiro atoms. The summed E-state index contributed by atoms with van der Waals surface area (Å²) in [4.78, 5) is 53.8. The summed E-state index contributed by atoms with van der Waals surface area (Å²) in [5.41, 5.74) is 8.58. The van der Waals surface area contributed by atoms with Crippen molar-refractivity contribution < 1.29 is 19.2 Å². The molecule has 1 unspecified atom stereocenters. The Balaban J connectivity index is 1.27. The van der Waals surface area contributed by atoms with Crippen molar-refractivity contribution in [3.8, 4) is 0 Å². The maximum absolute atomic E-state index is 13.4. The Morgan fingerprint density at radius 2 is 1.72 bits per heavy atom. The summed E-state index contributed by atoms with van der Waals surface area (Å²) in [6.07, 6.45) is 1.99. The Labute approximate surface area is 210 Å². The molecule has 2 saturated heterocycles. The molecule has 1 atom stereocenters. The summed E-state index contributed by atoms with van der Waals surface area (Å²) in [5, 5.41) is 5.84. The van der Waals surface area contributed by atoms with Crippen molar-refractivity contribution >= 4 is 23.6 Å². The molecule has 9 nitrogen and oxygen atoms in total. The summed E-state index contributed by atoms with van der Waals surface area (Å²) in [6, 6.07) is 14.6. The van der Waals surface area contributed by atoms with Crippen LogP contribution >= 0.6 is 0 Å². The van der Waals surface area contributed by atoms with Crippen LogP contribution in [0.3, 0.4) is 0 Å². The van der Waals surface area contributed by atoms with E-state index in [2.05, 4.69) is 39.8 Å². The van der Waals surface area contributed by atoms with E-state index in [9.17, 15) is 19.2 Å². The quantitative estimate of drug-likeness (QED) is 0.499. The molecule has 2 aromatic rings. The van der Waals surface area contributed by atoms with Gasteiger partial charge in [-0.1, -0.05) is 42.5 Å². The molecule has 9 heteroatoms. The van der Waals surface area contributed by atoms with Gasteiger partial charge < -0.3 is 11.1 Å². The van der Waals surface area contributed by atoms with Gasteiger partial charge in [0, 0.05) is 44.7 Å². The highest BCUT2D eigenvalue weighted by atomic mass is 16.2. The number of carbonyl (C=O) groups is 4. The number of rotatable bonds is 7. The van der Waals surface area contributed by atoms with Gasteiger partial charge in [-0.2, -0.15) is 0 Å². The molecule has 3 aliphatic heterocycles. The molecule has 36 heavy (non-hydrogen) atoms. The Kier molecular flexibility index (Phi) is 6.70. The number of fused-ring (bicyclic) bond motifs is 1. The van der Waals surface area contributed by atoms with E-state index in [1.54, 1.807) is 12.1 Å². The van der Waals surface area contributed by atoms with Gasteiger partial charge in [0.2, 0.25) is 11.8 Å². The zero-order chi connectivity index (χ0) is 25.3. The zero-order valence-corrected chi connectivity index (χ0v) is 20.2. The normalized spacial score (nSPS) is 22.0. The second kappa shape index (κ2) is 9.93. The molecule has 5 rings (SSSR count). The first-order valence-corrected chi connectivity index (χ1v) is 12.5. The van der Waals surface area contributed by atoms with Crippen LogP contribution in [0.5, 0.6) is 0 Å². The Hall–Kier alpha value is -3.40. The number of amides is 4. The fraction of sp³-hybridized carbons (Fsp3) is 0.407. The SMILES string of the molecule is NCC1(NCc2cccc3c2C(=O)N(C2CCC(=O)NC2=O)C3=O)CCN(Cc2ccccc2)CC1. The van der Waals surface area contributed by atoms with Gasteiger partial charge in [0.15, 0.2) is 0 Å². The minimum Gasteiger partial charge on any atom is -0.329 e. The van der Waals surface area contributed by atoms with Gasteiger partial charge in [-0.15, -0.1) is 0 Å². The van der Waals surface area contributed by atoms with Gasteiger partial charge in [-0.3, -0.25) is 34.3 Å². The standard InChI is InChI=1S/C27H31N5O4/c28-17-27(11-13-31(14-12-27)16-18-5-2-1-3-6-18)29-15-19-7-4-8-20-23(19)26(36)32(25(20)35)21-9-10-22(33)30-24(21)34/h1-8,21,29H,9-17,28H2,(H,30,33,34).